The number of nitrogens with zero attached hydrogens (tertiary/aromatic N) is 1. The van der Waals surface area contributed by atoms with E-state index in [-0.39, 0.29) is 18.6 Å². The SMILES string of the molecule is CCN(C(=O)OCc1ccccc1)C(C(=O)O)c1ccc(C(C)(C)C)s1. The summed E-state index contributed by atoms with van der Waals surface area (Å²) in [7, 11) is 0. The number of rotatable bonds is 6. The number of hydrogen-bond donors (Lipinski definition) is 1. The molecule has 1 unspecified atom stereocenters. The van der Waals surface area contributed by atoms with Crippen LogP contribution in [-0.4, -0.2) is 28.6 Å². The lowest BCUT2D eigenvalue weighted by atomic mass is 9.95. The molecule has 1 N–H and O–H groups in total. The number of carbonyl (C=O) groups is 2. The minimum atomic E-state index is -1.06. The Morgan fingerprint density at radius 1 is 1.15 bits per heavy atom. The lowest BCUT2D eigenvalue weighted by Gasteiger charge is -2.26. The van der Waals surface area contributed by atoms with Crippen LogP contribution in [0.2, 0.25) is 0 Å². The fourth-order valence-electron chi connectivity index (χ4n) is 2.53. The molecule has 26 heavy (non-hydrogen) atoms. The molecule has 1 amide bonds. The van der Waals surface area contributed by atoms with Crippen LogP contribution in [0.4, 0.5) is 4.79 Å². The topological polar surface area (TPSA) is 66.8 Å². The molecular weight excluding hydrogens is 350 g/mol. The fraction of sp³-hybridized carbons (Fsp3) is 0.400. The summed E-state index contributed by atoms with van der Waals surface area (Å²) in [5.74, 6) is -1.06. The highest BCUT2D eigenvalue weighted by molar-refractivity contribution is 7.12. The van der Waals surface area contributed by atoms with E-state index >= 15 is 0 Å². The standard InChI is InChI=1S/C20H25NO4S/c1-5-21(19(24)25-13-14-9-7-6-8-10-14)17(18(22)23)15-11-12-16(26-15)20(2,3)4/h6-12,17H,5,13H2,1-4H3,(H,22,23). The van der Waals surface area contributed by atoms with Gasteiger partial charge in [0, 0.05) is 16.3 Å². The Morgan fingerprint density at radius 2 is 1.81 bits per heavy atom. The van der Waals surface area contributed by atoms with Gasteiger partial charge in [0.1, 0.15) is 6.61 Å². The number of carboxylic acid groups (broad SMARTS) is 1. The Hall–Kier alpha value is -2.34. The van der Waals surface area contributed by atoms with E-state index in [0.717, 1.165) is 10.4 Å². The first-order valence-electron chi connectivity index (χ1n) is 8.54. The molecule has 1 aromatic carbocycles. The Labute approximate surface area is 158 Å². The van der Waals surface area contributed by atoms with Gasteiger partial charge in [-0.3, -0.25) is 4.90 Å². The van der Waals surface area contributed by atoms with Crippen LogP contribution in [0.25, 0.3) is 0 Å². The molecule has 0 radical (unpaired) electrons. The van der Waals surface area contributed by atoms with Gasteiger partial charge in [0.25, 0.3) is 0 Å². The molecule has 140 valence electrons. The summed E-state index contributed by atoms with van der Waals surface area (Å²) in [5, 5.41) is 9.73. The summed E-state index contributed by atoms with van der Waals surface area (Å²) in [6.07, 6.45) is -0.630. The van der Waals surface area contributed by atoms with Gasteiger partial charge in [-0.05, 0) is 30.0 Å². The Balaban J connectivity index is 2.18. The highest BCUT2D eigenvalue weighted by Crippen LogP contribution is 2.34. The van der Waals surface area contributed by atoms with Crippen molar-refractivity contribution in [3.63, 3.8) is 0 Å². The number of thiophene rings is 1. The van der Waals surface area contributed by atoms with Gasteiger partial charge in [0.2, 0.25) is 0 Å². The third-order valence-corrected chi connectivity index (χ3v) is 5.52. The second-order valence-corrected chi connectivity index (χ2v) is 8.13. The van der Waals surface area contributed by atoms with Crippen LogP contribution < -0.4 is 0 Å². The van der Waals surface area contributed by atoms with Gasteiger partial charge >= 0.3 is 12.1 Å². The van der Waals surface area contributed by atoms with Crippen molar-refractivity contribution in [2.75, 3.05) is 6.54 Å². The molecule has 1 aromatic heterocycles. The largest absolute Gasteiger partial charge is 0.479 e. The zero-order valence-electron chi connectivity index (χ0n) is 15.6. The molecule has 0 aliphatic carbocycles. The maximum atomic E-state index is 12.5. The number of carboxylic acids is 1. The minimum Gasteiger partial charge on any atom is -0.479 e. The van der Waals surface area contributed by atoms with E-state index in [2.05, 4.69) is 20.8 Å². The zero-order chi connectivity index (χ0) is 19.3. The highest BCUT2D eigenvalue weighted by Gasteiger charge is 2.33. The first-order valence-corrected chi connectivity index (χ1v) is 9.36. The van der Waals surface area contributed by atoms with Gasteiger partial charge in [-0.25, -0.2) is 9.59 Å². The van der Waals surface area contributed by atoms with Crippen molar-refractivity contribution in [1.82, 2.24) is 4.90 Å². The molecule has 0 fully saturated rings. The van der Waals surface area contributed by atoms with E-state index in [4.69, 9.17) is 4.74 Å². The molecule has 2 rings (SSSR count). The molecule has 2 aromatic rings. The molecule has 1 heterocycles. The number of amides is 1. The summed E-state index contributed by atoms with van der Waals surface area (Å²) in [5.41, 5.74) is 0.784. The lowest BCUT2D eigenvalue weighted by molar-refractivity contribution is -0.142. The zero-order valence-corrected chi connectivity index (χ0v) is 16.4. The van der Waals surface area contributed by atoms with Gasteiger partial charge in [0.15, 0.2) is 6.04 Å². The van der Waals surface area contributed by atoms with Crippen molar-refractivity contribution in [2.24, 2.45) is 0 Å². The summed E-state index contributed by atoms with van der Waals surface area (Å²) in [6.45, 7) is 8.32. The molecule has 0 spiro atoms. The molecule has 0 saturated heterocycles. The third-order valence-electron chi connectivity index (χ3n) is 3.96. The number of aliphatic carboxylic acids is 1. The van der Waals surface area contributed by atoms with E-state index in [1.54, 1.807) is 13.0 Å². The van der Waals surface area contributed by atoms with Gasteiger partial charge in [-0.2, -0.15) is 0 Å². The predicted molar refractivity (Wildman–Crippen MR) is 102 cm³/mol. The molecule has 0 bridgehead atoms. The number of hydrogen-bond acceptors (Lipinski definition) is 4. The second-order valence-electron chi connectivity index (χ2n) is 7.02. The molecule has 5 nitrogen and oxygen atoms in total. The normalized spacial score (nSPS) is 12.5. The fourth-order valence-corrected chi connectivity index (χ4v) is 3.70. The van der Waals surface area contributed by atoms with Gasteiger partial charge in [-0.15, -0.1) is 11.3 Å². The quantitative estimate of drug-likeness (QED) is 0.785. The molecule has 0 aliphatic heterocycles. The second kappa shape index (κ2) is 8.36. The lowest BCUT2D eigenvalue weighted by Crippen LogP contribution is -2.38. The molecule has 6 heteroatoms. The smallest absolute Gasteiger partial charge is 0.411 e. The van der Waals surface area contributed by atoms with Crippen LogP contribution in [0, 0.1) is 0 Å². The number of carbonyl (C=O) groups excluding carboxylic acids is 1. The predicted octanol–water partition coefficient (Wildman–Crippen LogP) is 4.83. The van der Waals surface area contributed by atoms with E-state index in [9.17, 15) is 14.7 Å². The average molecular weight is 375 g/mol. The number of ether oxygens (including phenoxy) is 1. The Bertz CT molecular complexity index is 749. The third kappa shape index (κ3) is 4.85. The molecule has 0 aliphatic rings. The van der Waals surface area contributed by atoms with Crippen molar-refractivity contribution in [2.45, 2.75) is 45.8 Å². The molecular formula is C20H25NO4S. The van der Waals surface area contributed by atoms with Crippen molar-refractivity contribution in [1.29, 1.82) is 0 Å². The minimum absolute atomic E-state index is 0.0726. The van der Waals surface area contributed by atoms with Crippen LogP contribution in [0.5, 0.6) is 0 Å². The van der Waals surface area contributed by atoms with E-state index < -0.39 is 18.1 Å². The van der Waals surface area contributed by atoms with Crippen molar-refractivity contribution < 1.29 is 19.4 Å². The summed E-state index contributed by atoms with van der Waals surface area (Å²) < 4.78 is 5.34. The maximum absolute atomic E-state index is 12.5. The summed E-state index contributed by atoms with van der Waals surface area (Å²) in [4.78, 5) is 27.4. The van der Waals surface area contributed by atoms with Crippen LogP contribution in [-0.2, 0) is 21.6 Å². The van der Waals surface area contributed by atoms with E-state index in [0.29, 0.717) is 4.88 Å². The van der Waals surface area contributed by atoms with Crippen molar-refractivity contribution in [3.8, 4) is 0 Å². The summed E-state index contributed by atoms with van der Waals surface area (Å²) in [6, 6.07) is 12.0. The maximum Gasteiger partial charge on any atom is 0.411 e. The van der Waals surface area contributed by atoms with Gasteiger partial charge in [0.05, 0.1) is 0 Å². The monoisotopic (exact) mass is 375 g/mol. The van der Waals surface area contributed by atoms with E-state index in [1.807, 2.05) is 36.4 Å². The summed E-state index contributed by atoms with van der Waals surface area (Å²) >= 11 is 1.42. The average Bonchev–Trinajstić information content (AvgIpc) is 3.07. The van der Waals surface area contributed by atoms with E-state index in [1.165, 1.54) is 16.2 Å². The van der Waals surface area contributed by atoms with Crippen molar-refractivity contribution in [3.05, 3.63) is 57.8 Å². The number of benzene rings is 1. The van der Waals surface area contributed by atoms with Crippen LogP contribution in [0.15, 0.2) is 42.5 Å². The first kappa shape index (κ1) is 20.0. The first-order chi connectivity index (χ1) is 12.2. The van der Waals surface area contributed by atoms with Gasteiger partial charge < -0.3 is 9.84 Å². The van der Waals surface area contributed by atoms with Crippen molar-refractivity contribution >= 4 is 23.4 Å². The Morgan fingerprint density at radius 3 is 2.31 bits per heavy atom. The number of likely N-dealkylation sites (N-methyl/N-ethyl adjacent to an activating group) is 1. The Kier molecular flexibility index (Phi) is 6.42. The van der Waals surface area contributed by atoms with Crippen LogP contribution in [0.3, 0.4) is 0 Å². The molecule has 0 saturated carbocycles. The van der Waals surface area contributed by atoms with Gasteiger partial charge in [-0.1, -0.05) is 51.1 Å². The molecule has 1 atom stereocenters. The van der Waals surface area contributed by atoms with Crippen LogP contribution >= 0.6 is 11.3 Å². The van der Waals surface area contributed by atoms with Crippen LogP contribution in [0.1, 0.15) is 49.1 Å². The highest BCUT2D eigenvalue weighted by atomic mass is 32.1.